The molecule has 0 saturated heterocycles. The number of halogens is 3. The summed E-state index contributed by atoms with van der Waals surface area (Å²) in [5, 5.41) is 3.48. The fourth-order valence-corrected chi connectivity index (χ4v) is 4.13. The summed E-state index contributed by atoms with van der Waals surface area (Å²) < 4.78 is 69.6. The first-order chi connectivity index (χ1) is 10.3. The van der Waals surface area contributed by atoms with Gasteiger partial charge in [0, 0.05) is 15.8 Å². The maximum Gasteiger partial charge on any atom is 0.534 e. The van der Waals surface area contributed by atoms with E-state index in [9.17, 15) is 21.6 Å². The third-order valence-corrected chi connectivity index (χ3v) is 5.62. The van der Waals surface area contributed by atoms with Gasteiger partial charge in [0.25, 0.3) is 0 Å². The summed E-state index contributed by atoms with van der Waals surface area (Å²) in [7, 11) is -6.96. The second-order valence-electron chi connectivity index (χ2n) is 5.44. The van der Waals surface area contributed by atoms with Gasteiger partial charge in [0.2, 0.25) is 0 Å². The fourth-order valence-electron chi connectivity index (χ4n) is 1.82. The molecular formula is C11H14F3N3O4SSi. The van der Waals surface area contributed by atoms with Crippen molar-refractivity contribution in [1.29, 1.82) is 0 Å². The number of methoxy groups -OCH3 is 1. The van der Waals surface area contributed by atoms with Gasteiger partial charge in [-0.2, -0.15) is 21.6 Å². The molecule has 0 saturated carbocycles. The van der Waals surface area contributed by atoms with Gasteiger partial charge in [-0.1, -0.05) is 24.8 Å². The molecule has 1 rings (SSSR count). The van der Waals surface area contributed by atoms with E-state index in [4.69, 9.17) is 10.3 Å². The van der Waals surface area contributed by atoms with Gasteiger partial charge in [0.1, 0.15) is 11.5 Å². The molecule has 0 unspecified atom stereocenters. The van der Waals surface area contributed by atoms with Crippen molar-refractivity contribution in [2.24, 2.45) is 5.11 Å². The molecule has 0 aliphatic carbocycles. The van der Waals surface area contributed by atoms with Crippen LogP contribution in [0.25, 0.3) is 10.4 Å². The van der Waals surface area contributed by atoms with Crippen molar-refractivity contribution in [1.82, 2.24) is 0 Å². The van der Waals surface area contributed by atoms with Crippen molar-refractivity contribution in [3.8, 4) is 11.5 Å². The lowest BCUT2D eigenvalue weighted by Gasteiger charge is -2.24. The molecule has 1 aromatic rings. The summed E-state index contributed by atoms with van der Waals surface area (Å²) in [5.41, 5.74) is 2.75. The number of benzene rings is 1. The van der Waals surface area contributed by atoms with Gasteiger partial charge in [-0.05, 0) is 17.7 Å². The van der Waals surface area contributed by atoms with Crippen LogP contribution in [0.2, 0.25) is 19.6 Å². The lowest BCUT2D eigenvalue weighted by Crippen LogP contribution is -2.41. The van der Waals surface area contributed by atoms with Gasteiger partial charge < -0.3 is 8.92 Å². The summed E-state index contributed by atoms with van der Waals surface area (Å²) >= 11 is 0. The second kappa shape index (κ2) is 6.30. The number of rotatable bonds is 5. The van der Waals surface area contributed by atoms with E-state index in [0.29, 0.717) is 0 Å². The second-order valence-corrected chi connectivity index (χ2v) is 12.0. The summed E-state index contributed by atoms with van der Waals surface area (Å²) in [6.07, 6.45) is 0. The first-order valence-electron chi connectivity index (χ1n) is 6.12. The number of azide groups is 1. The minimum Gasteiger partial charge on any atom is -0.497 e. The topological polar surface area (TPSA) is 101 Å². The van der Waals surface area contributed by atoms with E-state index in [0.717, 1.165) is 6.07 Å². The Labute approximate surface area is 131 Å². The number of alkyl halides is 3. The van der Waals surface area contributed by atoms with Gasteiger partial charge >= 0.3 is 15.6 Å². The highest BCUT2D eigenvalue weighted by atomic mass is 32.2. The largest absolute Gasteiger partial charge is 0.534 e. The molecule has 0 atom stereocenters. The number of hydrogen-bond donors (Lipinski definition) is 0. The molecular weight excluding hydrogens is 355 g/mol. The van der Waals surface area contributed by atoms with Crippen LogP contribution in [0.3, 0.4) is 0 Å². The molecule has 0 amide bonds. The molecule has 1 aromatic carbocycles. The van der Waals surface area contributed by atoms with Gasteiger partial charge in [0.15, 0.2) is 0 Å². The molecule has 0 aliphatic rings. The van der Waals surface area contributed by atoms with Crippen LogP contribution in [-0.4, -0.2) is 29.1 Å². The lowest BCUT2D eigenvalue weighted by molar-refractivity contribution is -0.0499. The van der Waals surface area contributed by atoms with Crippen LogP contribution in [0.15, 0.2) is 17.2 Å². The molecule has 0 fully saturated rings. The Morgan fingerprint density at radius 3 is 2.13 bits per heavy atom. The van der Waals surface area contributed by atoms with E-state index >= 15 is 0 Å². The quantitative estimate of drug-likeness (QED) is 0.198. The zero-order valence-corrected chi connectivity index (χ0v) is 14.5. The Morgan fingerprint density at radius 1 is 1.22 bits per heavy atom. The monoisotopic (exact) mass is 369 g/mol. The Balaban J connectivity index is 3.67. The molecule has 0 N–H and O–H groups in total. The summed E-state index contributed by atoms with van der Waals surface area (Å²) in [4.78, 5) is 2.51. The predicted octanol–water partition coefficient (Wildman–Crippen LogP) is 3.41. The predicted molar refractivity (Wildman–Crippen MR) is 80.4 cm³/mol. The Morgan fingerprint density at radius 2 is 1.74 bits per heavy atom. The number of hydrogen-bond acceptors (Lipinski definition) is 5. The average Bonchev–Trinajstić information content (AvgIpc) is 2.34. The zero-order valence-electron chi connectivity index (χ0n) is 12.7. The first kappa shape index (κ1) is 19.1. The van der Waals surface area contributed by atoms with Crippen LogP contribution in [0.1, 0.15) is 0 Å². The molecule has 128 valence electrons. The average molecular weight is 369 g/mol. The van der Waals surface area contributed by atoms with E-state index in [2.05, 4.69) is 14.2 Å². The molecule has 7 nitrogen and oxygen atoms in total. The van der Waals surface area contributed by atoms with Crippen LogP contribution in [0.4, 0.5) is 18.9 Å². The first-order valence-corrected chi connectivity index (χ1v) is 11.0. The van der Waals surface area contributed by atoms with Crippen LogP contribution in [-0.2, 0) is 10.1 Å². The highest BCUT2D eigenvalue weighted by molar-refractivity contribution is 7.88. The SMILES string of the molecule is COc1cc(N=[N+]=[N-])cc(OS(=O)(=O)C(F)(F)F)c1[Si](C)(C)C. The van der Waals surface area contributed by atoms with Crippen molar-refractivity contribution in [3.05, 3.63) is 22.6 Å². The Hall–Kier alpha value is -1.91. The van der Waals surface area contributed by atoms with E-state index in [1.54, 1.807) is 19.6 Å². The van der Waals surface area contributed by atoms with Crippen LogP contribution < -0.4 is 14.1 Å². The third kappa shape index (κ3) is 4.30. The summed E-state index contributed by atoms with van der Waals surface area (Å²) in [6.45, 7) is 5.31. The van der Waals surface area contributed by atoms with E-state index < -0.39 is 29.4 Å². The van der Waals surface area contributed by atoms with Crippen molar-refractivity contribution in [3.63, 3.8) is 0 Å². The molecule has 12 heteroatoms. The van der Waals surface area contributed by atoms with Gasteiger partial charge in [0.05, 0.1) is 15.2 Å². The van der Waals surface area contributed by atoms with Crippen molar-refractivity contribution in [2.45, 2.75) is 25.1 Å². The minimum atomic E-state index is -5.86. The highest BCUT2D eigenvalue weighted by Crippen LogP contribution is 2.33. The van der Waals surface area contributed by atoms with E-state index in [1.807, 2.05) is 0 Å². The molecule has 0 aliphatic heterocycles. The Bertz CT molecular complexity index is 753. The third-order valence-electron chi connectivity index (χ3n) is 2.66. The van der Waals surface area contributed by atoms with Crippen LogP contribution in [0.5, 0.6) is 11.5 Å². The van der Waals surface area contributed by atoms with Crippen molar-refractivity contribution < 1.29 is 30.5 Å². The fraction of sp³-hybridized carbons (Fsp3) is 0.455. The number of nitrogens with zero attached hydrogens (tertiary/aromatic N) is 3. The molecule has 23 heavy (non-hydrogen) atoms. The van der Waals surface area contributed by atoms with Crippen LogP contribution in [0, 0.1) is 0 Å². The standard InChI is InChI=1S/C11H14F3N3O4SSi/c1-20-8-5-7(16-17-15)6-9(10(8)23(2,3)4)21-22(18,19)11(12,13)14/h5-6H,1-4H3. The van der Waals surface area contributed by atoms with E-state index in [-0.39, 0.29) is 16.6 Å². The lowest BCUT2D eigenvalue weighted by atomic mass is 10.3. The van der Waals surface area contributed by atoms with Gasteiger partial charge in [-0.15, -0.1) is 0 Å². The van der Waals surface area contributed by atoms with Crippen LogP contribution >= 0.6 is 0 Å². The minimum absolute atomic E-state index is 0.0986. The summed E-state index contributed by atoms with van der Waals surface area (Å²) in [5.74, 6) is -0.454. The Kier molecular flexibility index (Phi) is 5.24. The zero-order chi connectivity index (χ0) is 18.1. The number of ether oxygens (including phenoxy) is 1. The highest BCUT2D eigenvalue weighted by Gasteiger charge is 2.49. The van der Waals surface area contributed by atoms with Gasteiger partial charge in [-0.25, -0.2) is 0 Å². The van der Waals surface area contributed by atoms with Crippen molar-refractivity contribution >= 4 is 29.1 Å². The maximum atomic E-state index is 12.6. The molecule has 0 heterocycles. The van der Waals surface area contributed by atoms with E-state index in [1.165, 1.54) is 13.2 Å². The van der Waals surface area contributed by atoms with Crippen molar-refractivity contribution in [2.75, 3.05) is 7.11 Å². The molecule has 0 spiro atoms. The summed E-state index contributed by atoms with van der Waals surface area (Å²) in [6, 6.07) is 2.25. The smallest absolute Gasteiger partial charge is 0.497 e. The maximum absolute atomic E-state index is 12.6. The molecule has 0 radical (unpaired) electrons. The van der Waals surface area contributed by atoms with Gasteiger partial charge in [-0.3, -0.25) is 0 Å². The normalized spacial score (nSPS) is 12.5. The molecule has 0 aromatic heterocycles. The molecule has 0 bridgehead atoms.